The van der Waals surface area contributed by atoms with E-state index in [9.17, 15) is 14.9 Å². The van der Waals surface area contributed by atoms with Gasteiger partial charge in [0.05, 0.1) is 28.6 Å². The number of nitro benzene ring substituents is 1. The average Bonchev–Trinajstić information content (AvgIpc) is 2.37. The summed E-state index contributed by atoms with van der Waals surface area (Å²) >= 11 is 3.29. The first-order valence-corrected chi connectivity index (χ1v) is 6.55. The monoisotopic (exact) mass is 330 g/mol. The molecule has 0 bridgehead atoms. The van der Waals surface area contributed by atoms with Gasteiger partial charge in [0.15, 0.2) is 0 Å². The minimum Gasteiger partial charge on any atom is -0.494 e. The van der Waals surface area contributed by atoms with Crippen LogP contribution in [0, 0.1) is 16.0 Å². The van der Waals surface area contributed by atoms with E-state index in [1.54, 1.807) is 0 Å². The molecule has 1 atom stereocenters. The number of ether oxygens (including phenoxy) is 1. The number of alkyl halides is 1. The quantitative estimate of drug-likeness (QED) is 0.511. The van der Waals surface area contributed by atoms with Gasteiger partial charge in [0.1, 0.15) is 5.75 Å². The fraction of sp³-hybridized carbons (Fsp3) is 0.417. The molecule has 7 heteroatoms. The van der Waals surface area contributed by atoms with Gasteiger partial charge in [-0.2, -0.15) is 0 Å². The number of carbonyl (C=O) groups is 1. The number of anilines is 1. The molecule has 0 saturated carbocycles. The lowest BCUT2D eigenvalue weighted by Crippen LogP contribution is -2.27. The maximum atomic E-state index is 11.9. The molecule has 0 radical (unpaired) electrons. The predicted molar refractivity (Wildman–Crippen MR) is 75.8 cm³/mol. The average molecular weight is 331 g/mol. The summed E-state index contributed by atoms with van der Waals surface area (Å²) in [5, 5.41) is 13.3. The summed E-state index contributed by atoms with van der Waals surface area (Å²) in [5.41, 5.74) is 0.317. The fourth-order valence-corrected chi connectivity index (χ4v) is 1.52. The van der Waals surface area contributed by atoms with Gasteiger partial charge in [-0.05, 0) is 12.0 Å². The molecule has 6 nitrogen and oxygen atoms in total. The number of carbonyl (C=O) groups excluding carboxylic acids is 1. The molecule has 1 unspecified atom stereocenters. The third-order valence-electron chi connectivity index (χ3n) is 2.49. The lowest BCUT2D eigenvalue weighted by Gasteiger charge is -2.15. The number of methoxy groups -OCH3 is 1. The molecule has 1 amide bonds. The Labute approximate surface area is 119 Å². The Balaban J connectivity index is 2.95. The van der Waals surface area contributed by atoms with Crippen molar-refractivity contribution in [3.8, 4) is 5.75 Å². The summed E-state index contributed by atoms with van der Waals surface area (Å²) in [4.78, 5) is 21.7. The van der Waals surface area contributed by atoms with Crippen LogP contribution >= 0.6 is 15.9 Å². The highest BCUT2D eigenvalue weighted by Gasteiger charge is 2.20. The van der Waals surface area contributed by atoms with Crippen LogP contribution in [0.2, 0.25) is 0 Å². The molecule has 0 aliphatic heterocycles. The number of nitrogens with one attached hydrogen (secondary N) is 1. The van der Waals surface area contributed by atoms with Gasteiger partial charge in [0.25, 0.3) is 5.69 Å². The maximum absolute atomic E-state index is 11.9. The second-order valence-corrected chi connectivity index (χ2v) is 5.26. The van der Waals surface area contributed by atoms with E-state index in [1.165, 1.54) is 25.3 Å². The van der Waals surface area contributed by atoms with Crippen molar-refractivity contribution < 1.29 is 14.5 Å². The number of hydrogen-bond donors (Lipinski definition) is 1. The third-order valence-corrected chi connectivity index (χ3v) is 3.96. The van der Waals surface area contributed by atoms with Crippen LogP contribution in [0.1, 0.15) is 13.8 Å². The molecule has 0 aliphatic carbocycles. The van der Waals surface area contributed by atoms with Crippen molar-refractivity contribution in [2.24, 2.45) is 5.92 Å². The van der Waals surface area contributed by atoms with Crippen molar-refractivity contribution in [3.05, 3.63) is 28.3 Å². The Morgan fingerprint density at radius 1 is 1.47 bits per heavy atom. The van der Waals surface area contributed by atoms with Crippen molar-refractivity contribution in [2.45, 2.75) is 18.7 Å². The molecule has 1 aromatic rings. The Bertz CT molecular complexity index is 491. The molecule has 1 rings (SSSR count). The second kappa shape index (κ2) is 6.51. The standard InChI is InChI=1S/C12H15BrN2O4/c1-7(2)11(13)12(16)14-9-5-4-8(15(17)18)6-10(9)19-3/h4-7,11H,1-3H3,(H,14,16). The summed E-state index contributed by atoms with van der Waals surface area (Å²) in [6, 6.07) is 4.04. The molecule has 19 heavy (non-hydrogen) atoms. The number of benzene rings is 1. The molecule has 0 aliphatic rings. The van der Waals surface area contributed by atoms with E-state index in [1.807, 2.05) is 13.8 Å². The zero-order valence-electron chi connectivity index (χ0n) is 10.8. The van der Waals surface area contributed by atoms with Gasteiger partial charge in [0, 0.05) is 6.07 Å². The van der Waals surface area contributed by atoms with Crippen LogP contribution in [0.3, 0.4) is 0 Å². The first kappa shape index (κ1) is 15.4. The highest BCUT2D eigenvalue weighted by Crippen LogP contribution is 2.29. The second-order valence-electron chi connectivity index (χ2n) is 4.28. The topological polar surface area (TPSA) is 81.5 Å². The SMILES string of the molecule is COc1cc([N+](=O)[O-])ccc1NC(=O)C(Br)C(C)C. The molecule has 0 heterocycles. The van der Waals surface area contributed by atoms with Crippen LogP contribution in [-0.4, -0.2) is 22.8 Å². The molecule has 0 spiro atoms. The van der Waals surface area contributed by atoms with E-state index < -0.39 is 4.92 Å². The Morgan fingerprint density at radius 3 is 2.58 bits per heavy atom. The summed E-state index contributed by atoms with van der Waals surface area (Å²) in [5.74, 6) is 0.164. The molecule has 1 aromatic carbocycles. The van der Waals surface area contributed by atoms with Gasteiger partial charge in [-0.15, -0.1) is 0 Å². The summed E-state index contributed by atoms with van der Waals surface area (Å²) in [6.45, 7) is 3.82. The van der Waals surface area contributed by atoms with Crippen LogP contribution in [0.4, 0.5) is 11.4 Å². The number of nitro groups is 1. The zero-order valence-corrected chi connectivity index (χ0v) is 12.4. The van der Waals surface area contributed by atoms with Crippen molar-refractivity contribution in [1.29, 1.82) is 0 Å². The molecule has 104 valence electrons. The highest BCUT2D eigenvalue weighted by molar-refractivity contribution is 9.10. The Kier molecular flexibility index (Phi) is 5.29. The van der Waals surface area contributed by atoms with Gasteiger partial charge in [-0.1, -0.05) is 29.8 Å². The predicted octanol–water partition coefficient (Wildman–Crippen LogP) is 2.96. The van der Waals surface area contributed by atoms with Crippen molar-refractivity contribution in [2.75, 3.05) is 12.4 Å². The number of nitrogens with zero attached hydrogens (tertiary/aromatic N) is 1. The number of hydrogen-bond acceptors (Lipinski definition) is 4. The molecule has 1 N–H and O–H groups in total. The lowest BCUT2D eigenvalue weighted by atomic mass is 10.1. The van der Waals surface area contributed by atoms with Crippen LogP contribution in [0.5, 0.6) is 5.75 Å². The van der Waals surface area contributed by atoms with Gasteiger partial charge in [-0.25, -0.2) is 0 Å². The van der Waals surface area contributed by atoms with Crippen LogP contribution < -0.4 is 10.1 Å². The largest absolute Gasteiger partial charge is 0.494 e. The molecule has 0 fully saturated rings. The van der Waals surface area contributed by atoms with Crippen molar-refractivity contribution in [3.63, 3.8) is 0 Å². The van der Waals surface area contributed by atoms with E-state index in [2.05, 4.69) is 21.2 Å². The van der Waals surface area contributed by atoms with Crippen molar-refractivity contribution >= 4 is 33.2 Å². The first-order chi connectivity index (χ1) is 8.86. The van der Waals surface area contributed by atoms with Crippen LogP contribution in [0.15, 0.2) is 18.2 Å². The Hall–Kier alpha value is -1.63. The minimum absolute atomic E-state index is 0.0888. The minimum atomic E-state index is -0.518. The first-order valence-electron chi connectivity index (χ1n) is 5.64. The third kappa shape index (κ3) is 3.92. The lowest BCUT2D eigenvalue weighted by molar-refractivity contribution is -0.384. The van der Waals surface area contributed by atoms with E-state index in [4.69, 9.17) is 4.74 Å². The number of halogens is 1. The van der Waals surface area contributed by atoms with E-state index in [-0.39, 0.29) is 28.1 Å². The number of rotatable bonds is 5. The molecular formula is C12H15BrN2O4. The number of amides is 1. The molecular weight excluding hydrogens is 316 g/mol. The number of non-ortho nitro benzene ring substituents is 1. The van der Waals surface area contributed by atoms with Crippen LogP contribution in [-0.2, 0) is 4.79 Å². The normalized spacial score (nSPS) is 12.1. The highest BCUT2D eigenvalue weighted by atomic mass is 79.9. The van der Waals surface area contributed by atoms with Gasteiger partial charge < -0.3 is 10.1 Å². The van der Waals surface area contributed by atoms with E-state index in [0.29, 0.717) is 5.69 Å². The fourth-order valence-electron chi connectivity index (χ4n) is 1.40. The Morgan fingerprint density at radius 2 is 2.11 bits per heavy atom. The molecule has 0 aromatic heterocycles. The van der Waals surface area contributed by atoms with Gasteiger partial charge >= 0.3 is 0 Å². The summed E-state index contributed by atoms with van der Waals surface area (Å²) in [6.07, 6.45) is 0. The summed E-state index contributed by atoms with van der Waals surface area (Å²) < 4.78 is 5.04. The van der Waals surface area contributed by atoms with Gasteiger partial charge in [0.2, 0.25) is 5.91 Å². The van der Waals surface area contributed by atoms with Gasteiger partial charge in [-0.3, -0.25) is 14.9 Å². The van der Waals surface area contributed by atoms with Crippen LogP contribution in [0.25, 0.3) is 0 Å². The molecule has 0 saturated heterocycles. The summed E-state index contributed by atoms with van der Waals surface area (Å²) in [7, 11) is 1.39. The van der Waals surface area contributed by atoms with E-state index >= 15 is 0 Å². The maximum Gasteiger partial charge on any atom is 0.273 e. The zero-order chi connectivity index (χ0) is 14.6. The van der Waals surface area contributed by atoms with E-state index in [0.717, 1.165) is 0 Å². The smallest absolute Gasteiger partial charge is 0.273 e. The van der Waals surface area contributed by atoms with Crippen molar-refractivity contribution in [1.82, 2.24) is 0 Å².